The van der Waals surface area contributed by atoms with Crippen LogP contribution in [-0.4, -0.2) is 67.5 Å². The second kappa shape index (κ2) is 11.2. The molecule has 2 aliphatic heterocycles. The molecule has 6 nitrogen and oxygen atoms in total. The maximum Gasteiger partial charge on any atom is 0.244 e. The lowest BCUT2D eigenvalue weighted by atomic mass is 9.96. The zero-order valence-corrected chi connectivity index (χ0v) is 18.1. The van der Waals surface area contributed by atoms with Gasteiger partial charge >= 0.3 is 0 Å². The molecular weight excluding hydrogens is 362 g/mol. The van der Waals surface area contributed by atoms with Gasteiger partial charge in [-0.15, -0.1) is 0 Å². The van der Waals surface area contributed by atoms with Gasteiger partial charge in [0, 0.05) is 32.7 Å². The lowest BCUT2D eigenvalue weighted by molar-refractivity contribution is -0.128. The summed E-state index contributed by atoms with van der Waals surface area (Å²) in [4.78, 5) is 21.2. The smallest absolute Gasteiger partial charge is 0.244 e. The quantitative estimate of drug-likeness (QED) is 0.546. The molecule has 29 heavy (non-hydrogen) atoms. The molecule has 0 unspecified atom stereocenters. The fourth-order valence-corrected chi connectivity index (χ4v) is 4.10. The van der Waals surface area contributed by atoms with Crippen LogP contribution >= 0.6 is 0 Å². The normalized spacial score (nSPS) is 18.8. The SMILES string of the molecule is CCNC(=NCC(=O)N1CCCC1)NCC1CCN(Cc2ccc(C)cc2)CC1. The minimum atomic E-state index is 0.143. The van der Waals surface area contributed by atoms with Crippen LogP contribution in [0, 0.1) is 12.8 Å². The summed E-state index contributed by atoms with van der Waals surface area (Å²) in [6, 6.07) is 8.88. The van der Waals surface area contributed by atoms with Crippen molar-refractivity contribution in [3.8, 4) is 0 Å². The summed E-state index contributed by atoms with van der Waals surface area (Å²) in [5, 5.41) is 6.73. The number of aryl methyl sites for hydroxylation is 1. The average Bonchev–Trinajstić information content (AvgIpc) is 3.28. The molecular formula is C23H37N5O. The number of piperidine rings is 1. The van der Waals surface area contributed by atoms with Crippen molar-refractivity contribution in [1.82, 2.24) is 20.4 Å². The predicted molar refractivity (Wildman–Crippen MR) is 119 cm³/mol. The van der Waals surface area contributed by atoms with Gasteiger partial charge in [0.2, 0.25) is 5.91 Å². The number of benzene rings is 1. The van der Waals surface area contributed by atoms with Gasteiger partial charge in [0.1, 0.15) is 6.54 Å². The lowest BCUT2D eigenvalue weighted by Crippen LogP contribution is -2.43. The second-order valence-corrected chi connectivity index (χ2v) is 8.37. The third-order valence-electron chi connectivity index (χ3n) is 5.97. The van der Waals surface area contributed by atoms with Gasteiger partial charge in [-0.3, -0.25) is 9.69 Å². The number of hydrogen-bond acceptors (Lipinski definition) is 3. The predicted octanol–water partition coefficient (Wildman–Crippen LogP) is 2.38. The minimum Gasteiger partial charge on any atom is -0.357 e. The topological polar surface area (TPSA) is 60.0 Å². The number of carbonyl (C=O) groups excluding carboxylic acids is 1. The van der Waals surface area contributed by atoms with E-state index in [-0.39, 0.29) is 12.5 Å². The standard InChI is InChI=1S/C23H37N5O/c1-3-24-23(26-17-22(29)28-12-4-5-13-28)25-16-20-10-14-27(15-11-20)18-21-8-6-19(2)7-9-21/h6-9,20H,3-5,10-18H2,1-2H3,(H2,24,25,26). The third kappa shape index (κ3) is 7.03. The Bertz CT molecular complexity index is 658. The van der Waals surface area contributed by atoms with Crippen LogP contribution in [0.1, 0.15) is 43.7 Å². The molecule has 2 heterocycles. The van der Waals surface area contributed by atoms with Crippen molar-refractivity contribution in [2.24, 2.45) is 10.9 Å². The highest BCUT2D eigenvalue weighted by Crippen LogP contribution is 2.18. The number of nitrogens with zero attached hydrogens (tertiary/aromatic N) is 3. The minimum absolute atomic E-state index is 0.143. The van der Waals surface area contributed by atoms with E-state index >= 15 is 0 Å². The van der Waals surface area contributed by atoms with E-state index in [1.54, 1.807) is 0 Å². The zero-order valence-electron chi connectivity index (χ0n) is 18.1. The van der Waals surface area contributed by atoms with Gasteiger partial charge in [0.05, 0.1) is 0 Å². The van der Waals surface area contributed by atoms with Gasteiger partial charge in [0.25, 0.3) is 0 Å². The fraction of sp³-hybridized carbons (Fsp3) is 0.652. The number of guanidine groups is 1. The molecule has 0 radical (unpaired) electrons. The van der Waals surface area contributed by atoms with E-state index < -0.39 is 0 Å². The summed E-state index contributed by atoms with van der Waals surface area (Å²) >= 11 is 0. The van der Waals surface area contributed by atoms with E-state index in [1.165, 1.54) is 24.0 Å². The highest BCUT2D eigenvalue weighted by Gasteiger charge is 2.20. The van der Waals surface area contributed by atoms with E-state index in [0.717, 1.165) is 64.6 Å². The molecule has 0 bridgehead atoms. The number of hydrogen-bond donors (Lipinski definition) is 2. The van der Waals surface area contributed by atoms with E-state index in [1.807, 2.05) is 4.90 Å². The first-order valence-electron chi connectivity index (χ1n) is 11.2. The second-order valence-electron chi connectivity index (χ2n) is 8.37. The van der Waals surface area contributed by atoms with Crippen LogP contribution in [-0.2, 0) is 11.3 Å². The molecule has 1 aromatic rings. The van der Waals surface area contributed by atoms with Gasteiger partial charge in [-0.2, -0.15) is 0 Å². The molecule has 0 spiro atoms. The van der Waals surface area contributed by atoms with Crippen molar-refractivity contribution in [2.45, 2.75) is 46.1 Å². The van der Waals surface area contributed by atoms with Crippen molar-refractivity contribution < 1.29 is 4.79 Å². The monoisotopic (exact) mass is 399 g/mol. The first kappa shape index (κ1) is 21.6. The van der Waals surface area contributed by atoms with Crippen LogP contribution in [0.5, 0.6) is 0 Å². The van der Waals surface area contributed by atoms with Crippen molar-refractivity contribution >= 4 is 11.9 Å². The van der Waals surface area contributed by atoms with Crippen LogP contribution < -0.4 is 10.6 Å². The van der Waals surface area contributed by atoms with Crippen LogP contribution in [0.4, 0.5) is 0 Å². The number of aliphatic imine (C=N–C) groups is 1. The van der Waals surface area contributed by atoms with E-state index in [9.17, 15) is 4.79 Å². The zero-order chi connectivity index (χ0) is 20.5. The summed E-state index contributed by atoms with van der Waals surface area (Å²) in [5.41, 5.74) is 2.72. The van der Waals surface area contributed by atoms with Gasteiger partial charge < -0.3 is 15.5 Å². The number of nitrogens with one attached hydrogen (secondary N) is 2. The Kier molecular flexibility index (Phi) is 8.35. The van der Waals surface area contributed by atoms with Gasteiger partial charge in [0.15, 0.2) is 5.96 Å². The first-order valence-corrected chi connectivity index (χ1v) is 11.2. The molecule has 1 amide bonds. The molecule has 2 fully saturated rings. The Hall–Kier alpha value is -2.08. The fourth-order valence-electron chi connectivity index (χ4n) is 4.10. The van der Waals surface area contributed by atoms with E-state index in [4.69, 9.17) is 0 Å². The first-order chi connectivity index (χ1) is 14.1. The molecule has 6 heteroatoms. The maximum absolute atomic E-state index is 12.2. The molecule has 0 aliphatic carbocycles. The maximum atomic E-state index is 12.2. The average molecular weight is 400 g/mol. The Morgan fingerprint density at radius 2 is 1.76 bits per heavy atom. The molecule has 160 valence electrons. The molecule has 2 saturated heterocycles. The summed E-state index contributed by atoms with van der Waals surface area (Å²) in [7, 11) is 0. The third-order valence-corrected chi connectivity index (χ3v) is 5.97. The van der Waals surface area contributed by atoms with E-state index in [0.29, 0.717) is 5.92 Å². The molecule has 0 atom stereocenters. The summed E-state index contributed by atoms with van der Waals surface area (Å²) in [6.45, 7) is 11.3. The Morgan fingerprint density at radius 3 is 2.41 bits per heavy atom. The molecule has 0 aromatic heterocycles. The molecule has 1 aromatic carbocycles. The van der Waals surface area contributed by atoms with Gasteiger partial charge in [-0.1, -0.05) is 29.8 Å². The van der Waals surface area contributed by atoms with Crippen LogP contribution in [0.25, 0.3) is 0 Å². The number of rotatable bonds is 7. The number of amides is 1. The van der Waals surface area contributed by atoms with Crippen molar-refractivity contribution in [3.05, 3.63) is 35.4 Å². The lowest BCUT2D eigenvalue weighted by Gasteiger charge is -2.32. The Labute approximate surface area is 175 Å². The molecule has 3 rings (SSSR count). The van der Waals surface area contributed by atoms with Crippen molar-refractivity contribution in [2.75, 3.05) is 45.8 Å². The summed E-state index contributed by atoms with van der Waals surface area (Å²) < 4.78 is 0. The summed E-state index contributed by atoms with van der Waals surface area (Å²) in [5.74, 6) is 1.56. The van der Waals surface area contributed by atoms with Crippen molar-refractivity contribution in [3.63, 3.8) is 0 Å². The molecule has 2 aliphatic rings. The van der Waals surface area contributed by atoms with E-state index in [2.05, 4.69) is 58.6 Å². The van der Waals surface area contributed by atoms with Gasteiger partial charge in [-0.25, -0.2) is 4.99 Å². The highest BCUT2D eigenvalue weighted by atomic mass is 16.2. The summed E-state index contributed by atoms with van der Waals surface area (Å²) in [6.07, 6.45) is 4.64. The van der Waals surface area contributed by atoms with Crippen LogP contribution in [0.15, 0.2) is 29.3 Å². The Balaban J connectivity index is 1.39. The van der Waals surface area contributed by atoms with Crippen LogP contribution in [0.2, 0.25) is 0 Å². The Morgan fingerprint density at radius 1 is 1.07 bits per heavy atom. The van der Waals surface area contributed by atoms with Crippen molar-refractivity contribution in [1.29, 1.82) is 0 Å². The largest absolute Gasteiger partial charge is 0.357 e. The number of likely N-dealkylation sites (tertiary alicyclic amines) is 2. The highest BCUT2D eigenvalue weighted by molar-refractivity contribution is 5.85. The van der Waals surface area contributed by atoms with Crippen LogP contribution in [0.3, 0.4) is 0 Å². The number of carbonyl (C=O) groups is 1. The molecule has 2 N–H and O–H groups in total. The molecule has 0 saturated carbocycles. The van der Waals surface area contributed by atoms with Gasteiger partial charge in [-0.05, 0) is 64.1 Å².